The van der Waals surface area contributed by atoms with Crippen LogP contribution in [0.15, 0.2) is 224 Å². The van der Waals surface area contributed by atoms with Gasteiger partial charge in [-0.15, -0.1) is 0 Å². The third kappa shape index (κ3) is 6.75. The number of hydrogen-bond acceptors (Lipinski definition) is 0. The first-order chi connectivity index (χ1) is 29.7. The van der Waals surface area contributed by atoms with Crippen LogP contribution in [0.1, 0.15) is 20.3 Å². The molecule has 11 rings (SSSR count). The molecule has 0 aliphatic rings. The van der Waals surface area contributed by atoms with Crippen molar-refractivity contribution in [1.82, 2.24) is 4.57 Å². The molecule has 0 aliphatic heterocycles. The van der Waals surface area contributed by atoms with Crippen molar-refractivity contribution in [1.29, 1.82) is 0 Å². The zero-order valence-electron chi connectivity index (χ0n) is 34.0. The van der Waals surface area contributed by atoms with Crippen molar-refractivity contribution in [3.05, 3.63) is 224 Å². The Labute approximate surface area is 352 Å². The third-order valence-corrected chi connectivity index (χ3v) is 11.6. The van der Waals surface area contributed by atoms with Gasteiger partial charge in [0.05, 0.1) is 16.7 Å². The van der Waals surface area contributed by atoms with Crippen LogP contribution in [0, 0.1) is 0 Å². The Kier molecular flexibility index (Phi) is 9.85. The third-order valence-electron chi connectivity index (χ3n) is 11.6. The maximum absolute atomic E-state index is 2.48. The van der Waals surface area contributed by atoms with Gasteiger partial charge in [0.1, 0.15) is 0 Å². The molecule has 0 saturated carbocycles. The van der Waals surface area contributed by atoms with Gasteiger partial charge in [-0.25, -0.2) is 0 Å². The molecule has 0 amide bonds. The Balaban J connectivity index is 0.00000140. The maximum atomic E-state index is 2.48. The molecule has 286 valence electrons. The number of benzene rings is 10. The van der Waals surface area contributed by atoms with E-state index < -0.39 is 0 Å². The second-order valence-corrected chi connectivity index (χ2v) is 15.6. The SMILES string of the molecule is CCC.c1ccc(-c2ccc(-c3ccc4c(c3)c3cc(-c5ccc(-c6ccccc6)cc5)ccc3n4-c3ccc(-c4cccc5ccccc45)c4ccccc34)cc2)cc1. The Hall–Kier alpha value is -7.48. The van der Waals surface area contributed by atoms with Crippen LogP contribution in [0.4, 0.5) is 0 Å². The number of hydrogen-bond donors (Lipinski definition) is 0. The lowest BCUT2D eigenvalue weighted by Gasteiger charge is -2.16. The van der Waals surface area contributed by atoms with E-state index in [9.17, 15) is 0 Å². The summed E-state index contributed by atoms with van der Waals surface area (Å²) in [7, 11) is 0. The van der Waals surface area contributed by atoms with Crippen molar-refractivity contribution in [2.45, 2.75) is 20.3 Å². The summed E-state index contributed by atoms with van der Waals surface area (Å²) in [6.07, 6.45) is 1.25. The van der Waals surface area contributed by atoms with Gasteiger partial charge in [-0.1, -0.05) is 214 Å². The minimum atomic E-state index is 1.18. The molecule has 0 aliphatic carbocycles. The Bertz CT molecular complexity index is 3120. The molecule has 0 unspecified atom stereocenters. The predicted molar refractivity (Wildman–Crippen MR) is 259 cm³/mol. The average Bonchev–Trinajstić information content (AvgIpc) is 3.64. The fourth-order valence-electron chi connectivity index (χ4n) is 8.79. The van der Waals surface area contributed by atoms with Crippen LogP contribution in [0.3, 0.4) is 0 Å². The molecule has 0 saturated heterocycles. The minimum Gasteiger partial charge on any atom is -0.309 e. The zero-order valence-corrected chi connectivity index (χ0v) is 34.0. The van der Waals surface area contributed by atoms with E-state index in [4.69, 9.17) is 0 Å². The second-order valence-electron chi connectivity index (χ2n) is 15.6. The number of fused-ring (bicyclic) bond motifs is 5. The zero-order chi connectivity index (χ0) is 40.4. The fraction of sp³-hybridized carbons (Fsp3) is 0.0508. The maximum Gasteiger partial charge on any atom is 0.0541 e. The van der Waals surface area contributed by atoms with Gasteiger partial charge in [-0.05, 0) is 102 Å². The van der Waals surface area contributed by atoms with E-state index in [0.717, 1.165) is 0 Å². The molecule has 1 nitrogen and oxygen atoms in total. The first-order valence-electron chi connectivity index (χ1n) is 21.1. The summed E-state index contributed by atoms with van der Waals surface area (Å²) in [5.74, 6) is 0. The minimum absolute atomic E-state index is 1.18. The lowest BCUT2D eigenvalue weighted by molar-refractivity contribution is 1.09. The topological polar surface area (TPSA) is 4.93 Å². The predicted octanol–water partition coefficient (Wildman–Crippen LogP) is 16.8. The summed E-state index contributed by atoms with van der Waals surface area (Å²) in [5.41, 5.74) is 15.8. The van der Waals surface area contributed by atoms with Crippen LogP contribution in [0.2, 0.25) is 0 Å². The number of nitrogens with zero attached hydrogens (tertiary/aromatic N) is 1. The van der Waals surface area contributed by atoms with Crippen molar-refractivity contribution in [2.24, 2.45) is 0 Å². The van der Waals surface area contributed by atoms with E-state index in [1.54, 1.807) is 0 Å². The molecule has 11 aromatic rings. The molecule has 1 heteroatoms. The summed E-state index contributed by atoms with van der Waals surface area (Å²) >= 11 is 0. The summed E-state index contributed by atoms with van der Waals surface area (Å²) in [5, 5.41) is 7.46. The molecule has 0 spiro atoms. The summed E-state index contributed by atoms with van der Waals surface area (Å²) < 4.78 is 2.48. The molecule has 1 heterocycles. The van der Waals surface area contributed by atoms with Gasteiger partial charge < -0.3 is 4.57 Å². The van der Waals surface area contributed by atoms with E-state index in [2.05, 4.69) is 243 Å². The van der Waals surface area contributed by atoms with Gasteiger partial charge in [0, 0.05) is 16.2 Å². The standard InChI is InChI=1S/C56H37N.C3H8/c1-3-12-38(13-4-1)40-22-26-42(27-23-40)45-30-33-55-52(36-45)53-37-46(43-28-24-41(25-29-43)39-14-5-2-6-15-39)31-34-56(53)57(55)54-35-32-50(49-19-9-10-20-51(49)54)48-21-11-17-44-16-7-8-18-47(44)48;1-3-2/h1-37H;3H2,1-2H3. The first-order valence-corrected chi connectivity index (χ1v) is 21.1. The van der Waals surface area contributed by atoms with Crippen LogP contribution in [-0.4, -0.2) is 4.57 Å². The van der Waals surface area contributed by atoms with Crippen molar-refractivity contribution in [3.8, 4) is 61.3 Å². The molecular formula is C59H45N. The quantitative estimate of drug-likeness (QED) is 0.159. The van der Waals surface area contributed by atoms with Crippen LogP contribution in [0.5, 0.6) is 0 Å². The molecule has 1 aromatic heterocycles. The van der Waals surface area contributed by atoms with E-state index in [0.29, 0.717) is 0 Å². The Morgan fingerprint density at radius 3 is 1.20 bits per heavy atom. The fourth-order valence-corrected chi connectivity index (χ4v) is 8.79. The number of aromatic nitrogens is 1. The largest absolute Gasteiger partial charge is 0.309 e. The van der Waals surface area contributed by atoms with Crippen LogP contribution in [-0.2, 0) is 0 Å². The average molecular weight is 768 g/mol. The summed E-state index contributed by atoms with van der Waals surface area (Å²) in [6, 6.07) is 82.0. The number of rotatable bonds is 6. The van der Waals surface area contributed by atoms with E-state index in [-0.39, 0.29) is 0 Å². The van der Waals surface area contributed by atoms with E-state index >= 15 is 0 Å². The van der Waals surface area contributed by atoms with E-state index in [1.807, 2.05) is 0 Å². The molecule has 0 atom stereocenters. The van der Waals surface area contributed by atoms with Gasteiger partial charge in [0.25, 0.3) is 0 Å². The van der Waals surface area contributed by atoms with Crippen molar-refractivity contribution in [2.75, 3.05) is 0 Å². The highest BCUT2D eigenvalue weighted by Crippen LogP contribution is 2.42. The van der Waals surface area contributed by atoms with Crippen LogP contribution >= 0.6 is 0 Å². The molecule has 0 bridgehead atoms. The molecule has 0 N–H and O–H groups in total. The van der Waals surface area contributed by atoms with Crippen molar-refractivity contribution >= 4 is 43.4 Å². The molecule has 0 radical (unpaired) electrons. The van der Waals surface area contributed by atoms with Crippen molar-refractivity contribution < 1.29 is 0 Å². The van der Waals surface area contributed by atoms with Gasteiger partial charge in [0.2, 0.25) is 0 Å². The Morgan fingerprint density at radius 1 is 0.283 bits per heavy atom. The van der Waals surface area contributed by atoms with Gasteiger partial charge in [-0.2, -0.15) is 0 Å². The Morgan fingerprint density at radius 2 is 0.667 bits per heavy atom. The van der Waals surface area contributed by atoms with Crippen LogP contribution in [0.25, 0.3) is 105 Å². The molecule has 0 fully saturated rings. The van der Waals surface area contributed by atoms with Gasteiger partial charge >= 0.3 is 0 Å². The highest BCUT2D eigenvalue weighted by Gasteiger charge is 2.18. The van der Waals surface area contributed by atoms with E-state index in [1.165, 1.54) is 111 Å². The monoisotopic (exact) mass is 767 g/mol. The lowest BCUT2D eigenvalue weighted by atomic mass is 9.93. The van der Waals surface area contributed by atoms with Gasteiger partial charge in [-0.3, -0.25) is 0 Å². The van der Waals surface area contributed by atoms with Crippen molar-refractivity contribution in [3.63, 3.8) is 0 Å². The van der Waals surface area contributed by atoms with Crippen LogP contribution < -0.4 is 0 Å². The molecule has 60 heavy (non-hydrogen) atoms. The molecule has 10 aromatic carbocycles. The smallest absolute Gasteiger partial charge is 0.0541 e. The van der Waals surface area contributed by atoms with Gasteiger partial charge in [0.15, 0.2) is 0 Å². The molecular weight excluding hydrogens is 723 g/mol. The normalized spacial score (nSPS) is 11.2. The summed E-state index contributed by atoms with van der Waals surface area (Å²) in [4.78, 5) is 0. The first kappa shape index (κ1) is 36.8. The highest BCUT2D eigenvalue weighted by molar-refractivity contribution is 6.14. The lowest BCUT2D eigenvalue weighted by Crippen LogP contribution is -1.96. The highest BCUT2D eigenvalue weighted by atomic mass is 15.0. The second kappa shape index (κ2) is 16.0. The summed E-state index contributed by atoms with van der Waals surface area (Å²) in [6.45, 7) is 4.25.